The van der Waals surface area contributed by atoms with Crippen LogP contribution in [0.4, 0.5) is 5.69 Å². The fourth-order valence-electron chi connectivity index (χ4n) is 2.26. The lowest BCUT2D eigenvalue weighted by Crippen LogP contribution is -2.01. The van der Waals surface area contributed by atoms with Crippen molar-refractivity contribution in [3.8, 4) is 0 Å². The van der Waals surface area contributed by atoms with Gasteiger partial charge in [0.25, 0.3) is 0 Å². The SMILES string of the molecule is CCCCCCCNc1ccc2oc(C(C)C)nc2c1. The summed E-state index contributed by atoms with van der Waals surface area (Å²) in [6.07, 6.45) is 6.54. The van der Waals surface area contributed by atoms with E-state index in [2.05, 4.69) is 43.2 Å². The molecule has 1 aromatic carbocycles. The highest BCUT2D eigenvalue weighted by molar-refractivity contribution is 5.77. The average molecular weight is 274 g/mol. The molecule has 0 saturated carbocycles. The lowest BCUT2D eigenvalue weighted by molar-refractivity contribution is 0.501. The average Bonchev–Trinajstić information content (AvgIpc) is 2.86. The molecular formula is C17H26N2O. The first kappa shape index (κ1) is 14.9. The Kier molecular flexibility index (Phi) is 5.45. The molecule has 2 aromatic rings. The molecule has 1 N–H and O–H groups in total. The standard InChI is InChI=1S/C17H26N2O/c1-4-5-6-7-8-11-18-14-9-10-16-15(12-14)19-17(20-16)13(2)3/h9-10,12-13,18H,4-8,11H2,1-3H3. The fourth-order valence-corrected chi connectivity index (χ4v) is 2.26. The second-order valence-electron chi connectivity index (χ2n) is 5.73. The number of benzene rings is 1. The summed E-state index contributed by atoms with van der Waals surface area (Å²) < 4.78 is 5.72. The van der Waals surface area contributed by atoms with Crippen LogP contribution in [0.25, 0.3) is 11.1 Å². The fraction of sp³-hybridized carbons (Fsp3) is 0.588. The van der Waals surface area contributed by atoms with Gasteiger partial charge in [0.2, 0.25) is 0 Å². The van der Waals surface area contributed by atoms with Crippen molar-refractivity contribution in [2.75, 3.05) is 11.9 Å². The minimum atomic E-state index is 0.331. The van der Waals surface area contributed by atoms with Crippen LogP contribution in [0.1, 0.15) is 64.7 Å². The highest BCUT2D eigenvalue weighted by Gasteiger charge is 2.09. The summed E-state index contributed by atoms with van der Waals surface area (Å²) in [5.41, 5.74) is 2.96. The summed E-state index contributed by atoms with van der Waals surface area (Å²) in [6.45, 7) is 7.47. The Morgan fingerprint density at radius 3 is 2.70 bits per heavy atom. The molecule has 3 heteroatoms. The van der Waals surface area contributed by atoms with Crippen LogP contribution < -0.4 is 5.32 Å². The van der Waals surface area contributed by atoms with Crippen molar-refractivity contribution < 1.29 is 4.42 Å². The Balaban J connectivity index is 1.87. The van der Waals surface area contributed by atoms with E-state index in [1.54, 1.807) is 0 Å². The lowest BCUT2D eigenvalue weighted by Gasteiger charge is -2.05. The molecule has 0 bridgehead atoms. The van der Waals surface area contributed by atoms with Crippen molar-refractivity contribution in [3.63, 3.8) is 0 Å². The summed E-state index contributed by atoms with van der Waals surface area (Å²) in [5.74, 6) is 1.15. The minimum Gasteiger partial charge on any atom is -0.440 e. The number of aromatic nitrogens is 1. The molecule has 1 aromatic heterocycles. The van der Waals surface area contributed by atoms with Gasteiger partial charge in [0, 0.05) is 18.2 Å². The van der Waals surface area contributed by atoms with Crippen molar-refractivity contribution >= 4 is 16.8 Å². The van der Waals surface area contributed by atoms with Crippen LogP contribution in [0.2, 0.25) is 0 Å². The normalized spacial score (nSPS) is 11.4. The molecule has 0 amide bonds. The van der Waals surface area contributed by atoms with Gasteiger partial charge in [-0.15, -0.1) is 0 Å². The van der Waals surface area contributed by atoms with Gasteiger partial charge >= 0.3 is 0 Å². The number of hydrogen-bond donors (Lipinski definition) is 1. The van der Waals surface area contributed by atoms with E-state index in [1.165, 1.54) is 32.1 Å². The van der Waals surface area contributed by atoms with Crippen LogP contribution in [0, 0.1) is 0 Å². The third-order valence-electron chi connectivity index (χ3n) is 3.51. The van der Waals surface area contributed by atoms with Crippen LogP contribution in [0.3, 0.4) is 0 Å². The van der Waals surface area contributed by atoms with Crippen LogP contribution in [0.15, 0.2) is 22.6 Å². The molecule has 0 aliphatic rings. The van der Waals surface area contributed by atoms with E-state index in [-0.39, 0.29) is 0 Å². The number of fused-ring (bicyclic) bond motifs is 1. The molecular weight excluding hydrogens is 248 g/mol. The van der Waals surface area contributed by atoms with Crippen LogP contribution in [-0.2, 0) is 0 Å². The minimum absolute atomic E-state index is 0.331. The second-order valence-corrected chi connectivity index (χ2v) is 5.73. The van der Waals surface area contributed by atoms with Crippen molar-refractivity contribution in [1.29, 1.82) is 0 Å². The zero-order chi connectivity index (χ0) is 14.4. The molecule has 0 atom stereocenters. The molecule has 3 nitrogen and oxygen atoms in total. The second kappa shape index (κ2) is 7.32. The first-order valence-electron chi connectivity index (χ1n) is 7.85. The number of rotatable bonds is 8. The maximum Gasteiger partial charge on any atom is 0.198 e. The van der Waals surface area contributed by atoms with Gasteiger partial charge in [0.05, 0.1) is 0 Å². The zero-order valence-electron chi connectivity index (χ0n) is 12.9. The van der Waals surface area contributed by atoms with Gasteiger partial charge in [-0.2, -0.15) is 0 Å². The summed E-state index contributed by atoms with van der Waals surface area (Å²) in [6, 6.07) is 6.16. The Morgan fingerprint density at radius 1 is 1.15 bits per heavy atom. The molecule has 110 valence electrons. The zero-order valence-corrected chi connectivity index (χ0v) is 12.9. The number of hydrogen-bond acceptors (Lipinski definition) is 3. The molecule has 0 aliphatic carbocycles. The molecule has 0 spiro atoms. The topological polar surface area (TPSA) is 38.1 Å². The summed E-state index contributed by atoms with van der Waals surface area (Å²) >= 11 is 0. The number of oxazole rings is 1. The van der Waals surface area contributed by atoms with Gasteiger partial charge < -0.3 is 9.73 Å². The van der Waals surface area contributed by atoms with Gasteiger partial charge in [-0.3, -0.25) is 0 Å². The van der Waals surface area contributed by atoms with E-state index < -0.39 is 0 Å². The largest absolute Gasteiger partial charge is 0.440 e. The first-order chi connectivity index (χ1) is 9.70. The first-order valence-corrected chi connectivity index (χ1v) is 7.85. The van der Waals surface area contributed by atoms with Crippen molar-refractivity contribution in [2.45, 2.75) is 58.8 Å². The molecule has 0 radical (unpaired) electrons. The quantitative estimate of drug-likeness (QED) is 0.661. The lowest BCUT2D eigenvalue weighted by atomic mass is 10.1. The van der Waals surface area contributed by atoms with E-state index in [0.29, 0.717) is 5.92 Å². The number of nitrogens with zero attached hydrogens (tertiary/aromatic N) is 1. The highest BCUT2D eigenvalue weighted by Crippen LogP contribution is 2.23. The van der Waals surface area contributed by atoms with E-state index in [0.717, 1.165) is 29.2 Å². The van der Waals surface area contributed by atoms with Crippen molar-refractivity contribution in [3.05, 3.63) is 24.1 Å². The van der Waals surface area contributed by atoms with E-state index in [1.807, 2.05) is 6.07 Å². The van der Waals surface area contributed by atoms with Crippen LogP contribution in [0.5, 0.6) is 0 Å². The van der Waals surface area contributed by atoms with E-state index >= 15 is 0 Å². The Bertz CT molecular complexity index is 531. The smallest absolute Gasteiger partial charge is 0.198 e. The van der Waals surface area contributed by atoms with E-state index in [4.69, 9.17) is 4.42 Å². The van der Waals surface area contributed by atoms with Crippen molar-refractivity contribution in [2.24, 2.45) is 0 Å². The Labute approximate surface area is 121 Å². The molecule has 2 rings (SSSR count). The predicted molar refractivity (Wildman–Crippen MR) is 85.3 cm³/mol. The Hall–Kier alpha value is -1.51. The summed E-state index contributed by atoms with van der Waals surface area (Å²) in [7, 11) is 0. The monoisotopic (exact) mass is 274 g/mol. The van der Waals surface area contributed by atoms with Crippen LogP contribution >= 0.6 is 0 Å². The maximum atomic E-state index is 5.72. The molecule has 0 saturated heterocycles. The third kappa shape index (κ3) is 3.99. The van der Waals surface area contributed by atoms with Gasteiger partial charge in [-0.25, -0.2) is 4.98 Å². The van der Waals surface area contributed by atoms with Crippen molar-refractivity contribution in [1.82, 2.24) is 4.98 Å². The highest BCUT2D eigenvalue weighted by atomic mass is 16.3. The van der Waals surface area contributed by atoms with Gasteiger partial charge in [0.1, 0.15) is 5.52 Å². The number of nitrogens with one attached hydrogen (secondary N) is 1. The van der Waals surface area contributed by atoms with Gasteiger partial charge in [-0.05, 0) is 24.6 Å². The summed E-state index contributed by atoms with van der Waals surface area (Å²) in [5, 5.41) is 3.47. The molecule has 0 unspecified atom stereocenters. The molecule has 0 aliphatic heterocycles. The molecule has 1 heterocycles. The summed E-state index contributed by atoms with van der Waals surface area (Å²) in [4.78, 5) is 4.53. The molecule has 0 fully saturated rings. The van der Waals surface area contributed by atoms with E-state index in [9.17, 15) is 0 Å². The Morgan fingerprint density at radius 2 is 1.95 bits per heavy atom. The third-order valence-corrected chi connectivity index (χ3v) is 3.51. The number of unbranched alkanes of at least 4 members (excludes halogenated alkanes) is 4. The molecule has 20 heavy (non-hydrogen) atoms. The predicted octanol–water partition coefficient (Wildman–Crippen LogP) is 5.33. The number of anilines is 1. The maximum absolute atomic E-state index is 5.72. The van der Waals surface area contributed by atoms with Gasteiger partial charge in [0.15, 0.2) is 11.5 Å². The van der Waals surface area contributed by atoms with Gasteiger partial charge in [-0.1, -0.05) is 46.5 Å². The van der Waals surface area contributed by atoms with Crippen LogP contribution in [-0.4, -0.2) is 11.5 Å².